The molecule has 2 aromatic heterocycles. The maximum Gasteiger partial charge on any atom is 0.307 e. The summed E-state index contributed by atoms with van der Waals surface area (Å²) in [6, 6.07) is 7.09. The van der Waals surface area contributed by atoms with Crippen LogP contribution in [0.3, 0.4) is 0 Å². The van der Waals surface area contributed by atoms with E-state index >= 15 is 0 Å². The predicted octanol–water partition coefficient (Wildman–Crippen LogP) is 1.58. The van der Waals surface area contributed by atoms with Crippen LogP contribution in [0.1, 0.15) is 10.4 Å². The van der Waals surface area contributed by atoms with Crippen LogP contribution in [0.25, 0.3) is 10.9 Å². The Balaban J connectivity index is 2.09. The molecule has 0 bridgehead atoms. The fourth-order valence-corrected chi connectivity index (χ4v) is 2.88. The number of aromatic amines is 2. The van der Waals surface area contributed by atoms with Crippen molar-refractivity contribution in [2.45, 2.75) is 6.42 Å². The van der Waals surface area contributed by atoms with Gasteiger partial charge in [-0.3, -0.25) is 14.6 Å². The summed E-state index contributed by atoms with van der Waals surface area (Å²) in [5.41, 5.74) is 0.935. The molecule has 0 atom stereocenters. The highest BCUT2D eigenvalue weighted by atomic mass is 32.1. The van der Waals surface area contributed by atoms with Crippen molar-refractivity contribution in [3.05, 3.63) is 54.7 Å². The summed E-state index contributed by atoms with van der Waals surface area (Å²) in [5.74, 6) is 0.504. The van der Waals surface area contributed by atoms with E-state index in [0.717, 1.165) is 16.7 Å². The first-order valence-corrected chi connectivity index (χ1v) is 6.99. The van der Waals surface area contributed by atoms with Crippen molar-refractivity contribution in [3.63, 3.8) is 0 Å². The van der Waals surface area contributed by atoms with Gasteiger partial charge in [0, 0.05) is 22.9 Å². The average molecular weight is 304 g/mol. The molecule has 0 radical (unpaired) electrons. The van der Waals surface area contributed by atoms with Crippen molar-refractivity contribution in [2.75, 3.05) is 7.11 Å². The molecular formula is C14H12N2O4S. The number of H-pyrrole nitrogens is 2. The van der Waals surface area contributed by atoms with Gasteiger partial charge in [-0.15, -0.1) is 0 Å². The smallest absolute Gasteiger partial charge is 0.307 e. The molecule has 0 fully saturated rings. The first-order chi connectivity index (χ1) is 10.1. The van der Waals surface area contributed by atoms with Crippen molar-refractivity contribution >= 4 is 22.2 Å². The van der Waals surface area contributed by atoms with Crippen LogP contribution in [0.5, 0.6) is 11.6 Å². The number of hydrogen-bond donors (Lipinski definition) is 3. The highest BCUT2D eigenvalue weighted by Gasteiger charge is 2.11. The average Bonchev–Trinajstić information content (AvgIpc) is 2.77. The van der Waals surface area contributed by atoms with Crippen LogP contribution in [-0.4, -0.2) is 22.2 Å². The molecule has 1 aromatic carbocycles. The number of rotatable bonds is 3. The molecule has 108 valence electrons. The van der Waals surface area contributed by atoms with Crippen molar-refractivity contribution in [1.82, 2.24) is 9.97 Å². The minimum atomic E-state index is -0.346. The highest BCUT2D eigenvalue weighted by Crippen LogP contribution is 2.22. The van der Waals surface area contributed by atoms with Gasteiger partial charge in [0.1, 0.15) is 5.75 Å². The Morgan fingerprint density at radius 1 is 1.24 bits per heavy atom. The second-order valence-electron chi connectivity index (χ2n) is 4.54. The number of aromatic nitrogens is 2. The molecule has 3 rings (SSSR count). The maximum absolute atomic E-state index is 12.1. The minimum Gasteiger partial charge on any atom is -0.497 e. The van der Waals surface area contributed by atoms with Crippen LogP contribution in [0, 0.1) is 0 Å². The molecule has 0 aliphatic rings. The number of hydrogen-bond acceptors (Lipinski definition) is 5. The molecule has 0 aliphatic heterocycles. The Morgan fingerprint density at radius 3 is 2.71 bits per heavy atom. The zero-order valence-corrected chi connectivity index (χ0v) is 11.9. The van der Waals surface area contributed by atoms with E-state index in [1.54, 1.807) is 25.3 Å². The van der Waals surface area contributed by atoms with Crippen molar-refractivity contribution in [3.8, 4) is 11.6 Å². The number of ether oxygens (including phenoxy) is 1. The number of pyridine rings is 1. The lowest BCUT2D eigenvalue weighted by molar-refractivity contribution is 0.415. The molecule has 3 aromatic rings. The largest absolute Gasteiger partial charge is 0.497 e. The van der Waals surface area contributed by atoms with E-state index in [0.29, 0.717) is 21.7 Å². The fraction of sp³-hybridized carbons (Fsp3) is 0.143. The van der Waals surface area contributed by atoms with Crippen LogP contribution >= 0.6 is 11.3 Å². The third kappa shape index (κ3) is 2.55. The molecule has 0 aliphatic carbocycles. The Bertz CT molecular complexity index is 923. The third-order valence-electron chi connectivity index (χ3n) is 3.18. The van der Waals surface area contributed by atoms with Gasteiger partial charge in [0.15, 0.2) is 0 Å². The number of thiazole rings is 1. The van der Waals surface area contributed by atoms with E-state index in [1.807, 2.05) is 6.07 Å². The quantitative estimate of drug-likeness (QED) is 0.684. The number of aromatic hydroxyl groups is 1. The number of benzene rings is 1. The molecular weight excluding hydrogens is 292 g/mol. The van der Waals surface area contributed by atoms with Crippen LogP contribution < -0.4 is 15.2 Å². The summed E-state index contributed by atoms with van der Waals surface area (Å²) in [7, 11) is 1.57. The lowest BCUT2D eigenvalue weighted by Gasteiger charge is -2.05. The predicted molar refractivity (Wildman–Crippen MR) is 80.5 cm³/mol. The normalized spacial score (nSPS) is 10.9. The Morgan fingerprint density at radius 2 is 2.05 bits per heavy atom. The topological polar surface area (TPSA) is 95.2 Å². The van der Waals surface area contributed by atoms with E-state index in [-0.39, 0.29) is 22.7 Å². The maximum atomic E-state index is 12.1. The van der Waals surface area contributed by atoms with Gasteiger partial charge in [-0.1, -0.05) is 11.3 Å². The Hall–Kier alpha value is -2.54. The van der Waals surface area contributed by atoms with Gasteiger partial charge in [0.25, 0.3) is 5.56 Å². The number of fused-ring (bicyclic) bond motifs is 1. The van der Waals surface area contributed by atoms with Crippen LogP contribution in [0.2, 0.25) is 0 Å². The molecule has 0 saturated carbocycles. The molecule has 0 spiro atoms. The molecule has 6 nitrogen and oxygen atoms in total. The standard InChI is InChI=1S/C14H12N2O4S/c1-20-9-2-3-10-7(5-9)4-8(12(17)15-10)6-11-13(18)16-14(19)21-11/h2-5,18H,6H2,1H3,(H,15,17)(H,16,19). The SMILES string of the molecule is COc1ccc2[nH]c(=O)c(Cc3sc(=O)[nH]c3O)cc2c1. The Labute approximate surface area is 122 Å². The van der Waals surface area contributed by atoms with Gasteiger partial charge in [0.05, 0.1) is 12.0 Å². The van der Waals surface area contributed by atoms with Gasteiger partial charge < -0.3 is 14.8 Å². The summed E-state index contributed by atoms with van der Waals surface area (Å²) in [6.07, 6.45) is 0.192. The van der Waals surface area contributed by atoms with Gasteiger partial charge in [0.2, 0.25) is 5.88 Å². The number of nitrogens with one attached hydrogen (secondary N) is 2. The second kappa shape index (κ2) is 5.10. The molecule has 21 heavy (non-hydrogen) atoms. The minimum absolute atomic E-state index is 0.185. The lowest BCUT2D eigenvalue weighted by Crippen LogP contribution is -2.12. The van der Waals surface area contributed by atoms with Gasteiger partial charge in [-0.05, 0) is 24.3 Å². The lowest BCUT2D eigenvalue weighted by atomic mass is 10.1. The molecule has 2 heterocycles. The van der Waals surface area contributed by atoms with E-state index < -0.39 is 0 Å². The first-order valence-electron chi connectivity index (χ1n) is 6.17. The van der Waals surface area contributed by atoms with E-state index in [2.05, 4.69) is 9.97 Å². The van der Waals surface area contributed by atoms with Gasteiger partial charge in [-0.25, -0.2) is 0 Å². The summed E-state index contributed by atoms with van der Waals surface area (Å²) >= 11 is 0.892. The van der Waals surface area contributed by atoms with E-state index in [1.165, 1.54) is 0 Å². The third-order valence-corrected chi connectivity index (χ3v) is 4.05. The van der Waals surface area contributed by atoms with E-state index in [9.17, 15) is 14.7 Å². The Kier molecular flexibility index (Phi) is 3.26. The van der Waals surface area contributed by atoms with Gasteiger partial charge in [-0.2, -0.15) is 0 Å². The molecule has 0 unspecified atom stereocenters. The van der Waals surface area contributed by atoms with Crippen LogP contribution in [-0.2, 0) is 6.42 Å². The molecule has 7 heteroatoms. The molecule has 0 amide bonds. The fourth-order valence-electron chi connectivity index (χ4n) is 2.13. The summed E-state index contributed by atoms with van der Waals surface area (Å²) in [4.78, 5) is 28.4. The summed E-state index contributed by atoms with van der Waals surface area (Å²) < 4.78 is 5.16. The van der Waals surface area contributed by atoms with Crippen LogP contribution in [0.15, 0.2) is 33.9 Å². The van der Waals surface area contributed by atoms with Crippen molar-refractivity contribution in [1.29, 1.82) is 0 Å². The van der Waals surface area contributed by atoms with E-state index in [4.69, 9.17) is 4.74 Å². The summed E-state index contributed by atoms with van der Waals surface area (Å²) in [5, 5.41) is 10.4. The van der Waals surface area contributed by atoms with Crippen molar-refractivity contribution < 1.29 is 9.84 Å². The van der Waals surface area contributed by atoms with Crippen molar-refractivity contribution in [2.24, 2.45) is 0 Å². The zero-order valence-electron chi connectivity index (χ0n) is 11.1. The second-order valence-corrected chi connectivity index (χ2v) is 5.61. The number of methoxy groups -OCH3 is 1. The van der Waals surface area contributed by atoms with Crippen LogP contribution in [0.4, 0.5) is 0 Å². The molecule has 0 saturated heterocycles. The first kappa shape index (κ1) is 13.4. The summed E-state index contributed by atoms with van der Waals surface area (Å²) in [6.45, 7) is 0. The molecule has 3 N–H and O–H groups in total. The highest BCUT2D eigenvalue weighted by molar-refractivity contribution is 7.09. The monoisotopic (exact) mass is 304 g/mol. The van der Waals surface area contributed by atoms with Gasteiger partial charge >= 0.3 is 4.87 Å². The zero-order chi connectivity index (χ0) is 15.0.